The predicted octanol–water partition coefficient (Wildman–Crippen LogP) is 3.11. The standard InChI is InChI=1S/C23H19N5O4/c1-30-20-9-6-17(12-25-20)23(29)28-13-19(14-28)31-18-7-4-15(5-8-18)21-26-22(32-27-21)16-3-2-10-24-11-16/h2-12,19H,13-14H2,1H3. The van der Waals surface area contributed by atoms with Crippen LogP contribution in [-0.4, -0.2) is 57.2 Å². The van der Waals surface area contributed by atoms with Crippen LogP contribution in [0.15, 0.2) is 71.6 Å². The Morgan fingerprint density at radius 2 is 1.91 bits per heavy atom. The maximum atomic E-state index is 12.5. The Balaban J connectivity index is 1.17. The summed E-state index contributed by atoms with van der Waals surface area (Å²) in [7, 11) is 1.54. The summed E-state index contributed by atoms with van der Waals surface area (Å²) >= 11 is 0. The predicted molar refractivity (Wildman–Crippen MR) is 114 cm³/mol. The number of ether oxygens (including phenoxy) is 2. The highest BCUT2D eigenvalue weighted by Crippen LogP contribution is 2.25. The van der Waals surface area contributed by atoms with Crippen molar-refractivity contribution < 1.29 is 18.8 Å². The molecule has 0 aliphatic carbocycles. The monoisotopic (exact) mass is 429 g/mol. The molecule has 0 N–H and O–H groups in total. The summed E-state index contributed by atoms with van der Waals surface area (Å²) in [5, 5.41) is 4.04. The second-order valence-electron chi connectivity index (χ2n) is 7.23. The first-order chi connectivity index (χ1) is 15.7. The number of likely N-dealkylation sites (tertiary alicyclic amines) is 1. The number of aromatic nitrogens is 4. The summed E-state index contributed by atoms with van der Waals surface area (Å²) < 4.78 is 16.3. The Morgan fingerprint density at radius 1 is 1.06 bits per heavy atom. The highest BCUT2D eigenvalue weighted by molar-refractivity contribution is 5.94. The van der Waals surface area contributed by atoms with Gasteiger partial charge < -0.3 is 18.9 Å². The lowest BCUT2D eigenvalue weighted by Crippen LogP contribution is -2.56. The first kappa shape index (κ1) is 19.7. The molecule has 1 aliphatic rings. The van der Waals surface area contributed by atoms with Crippen LogP contribution in [0.2, 0.25) is 0 Å². The van der Waals surface area contributed by atoms with Gasteiger partial charge in [-0.25, -0.2) is 4.98 Å². The van der Waals surface area contributed by atoms with Gasteiger partial charge in [0, 0.05) is 30.2 Å². The number of carbonyl (C=O) groups is 1. The van der Waals surface area contributed by atoms with Crippen LogP contribution in [-0.2, 0) is 0 Å². The fourth-order valence-electron chi connectivity index (χ4n) is 3.31. The number of methoxy groups -OCH3 is 1. The number of amides is 1. The highest BCUT2D eigenvalue weighted by Gasteiger charge is 2.33. The Labute approximate surface area is 183 Å². The largest absolute Gasteiger partial charge is 0.487 e. The molecule has 3 aromatic heterocycles. The fraction of sp³-hybridized carbons (Fsp3) is 0.174. The number of hydrogen-bond donors (Lipinski definition) is 0. The lowest BCUT2D eigenvalue weighted by atomic mass is 10.1. The van der Waals surface area contributed by atoms with E-state index in [4.69, 9.17) is 14.0 Å². The summed E-state index contributed by atoms with van der Waals surface area (Å²) in [5.74, 6) is 2.03. The molecular weight excluding hydrogens is 410 g/mol. The minimum absolute atomic E-state index is 0.0571. The zero-order chi connectivity index (χ0) is 21.9. The molecule has 0 saturated carbocycles. The van der Waals surface area contributed by atoms with Crippen molar-refractivity contribution in [2.45, 2.75) is 6.10 Å². The van der Waals surface area contributed by atoms with Crippen LogP contribution in [0.3, 0.4) is 0 Å². The molecule has 0 bridgehead atoms. The Kier molecular flexibility index (Phi) is 5.20. The molecule has 1 saturated heterocycles. The molecule has 5 rings (SSSR count). The van der Waals surface area contributed by atoms with Crippen molar-refractivity contribution in [3.63, 3.8) is 0 Å². The number of rotatable bonds is 6. The summed E-state index contributed by atoms with van der Waals surface area (Å²) in [6, 6.07) is 14.5. The van der Waals surface area contributed by atoms with E-state index in [1.165, 1.54) is 13.3 Å². The molecule has 4 heterocycles. The van der Waals surface area contributed by atoms with E-state index in [9.17, 15) is 4.79 Å². The SMILES string of the molecule is COc1ccc(C(=O)N2CC(Oc3ccc(-c4noc(-c5cccnc5)n4)cc3)C2)cn1. The molecule has 0 unspecified atom stereocenters. The van der Waals surface area contributed by atoms with Gasteiger partial charge in [-0.1, -0.05) is 5.16 Å². The molecule has 160 valence electrons. The quantitative estimate of drug-likeness (QED) is 0.461. The first-order valence-corrected chi connectivity index (χ1v) is 10.00. The van der Waals surface area contributed by atoms with E-state index in [1.807, 2.05) is 36.4 Å². The molecule has 1 fully saturated rings. The van der Waals surface area contributed by atoms with E-state index in [-0.39, 0.29) is 12.0 Å². The normalized spacial score (nSPS) is 13.5. The Morgan fingerprint density at radius 3 is 2.59 bits per heavy atom. The minimum atomic E-state index is -0.0723. The third kappa shape index (κ3) is 4.00. The molecule has 4 aromatic rings. The topological polar surface area (TPSA) is 103 Å². The van der Waals surface area contributed by atoms with Gasteiger partial charge >= 0.3 is 0 Å². The molecule has 9 nitrogen and oxygen atoms in total. The second kappa shape index (κ2) is 8.46. The molecular formula is C23H19N5O4. The molecule has 1 aromatic carbocycles. The minimum Gasteiger partial charge on any atom is -0.487 e. The molecule has 32 heavy (non-hydrogen) atoms. The zero-order valence-electron chi connectivity index (χ0n) is 17.2. The second-order valence-corrected chi connectivity index (χ2v) is 7.23. The third-order valence-electron chi connectivity index (χ3n) is 5.08. The van der Waals surface area contributed by atoms with Gasteiger partial charge in [-0.2, -0.15) is 4.98 Å². The van der Waals surface area contributed by atoms with E-state index >= 15 is 0 Å². The van der Waals surface area contributed by atoms with E-state index in [0.717, 1.165) is 11.1 Å². The van der Waals surface area contributed by atoms with Crippen molar-refractivity contribution in [2.75, 3.05) is 20.2 Å². The van der Waals surface area contributed by atoms with Gasteiger partial charge in [-0.05, 0) is 42.5 Å². The Bertz CT molecular complexity index is 1200. The summed E-state index contributed by atoms with van der Waals surface area (Å²) in [5.41, 5.74) is 2.11. The van der Waals surface area contributed by atoms with Gasteiger partial charge in [0.05, 0.1) is 31.3 Å². The average Bonchev–Trinajstić information content (AvgIpc) is 3.32. The van der Waals surface area contributed by atoms with Crippen molar-refractivity contribution in [3.05, 3.63) is 72.7 Å². The Hall–Kier alpha value is -4.27. The van der Waals surface area contributed by atoms with Gasteiger partial charge in [-0.3, -0.25) is 9.78 Å². The fourth-order valence-corrected chi connectivity index (χ4v) is 3.31. The van der Waals surface area contributed by atoms with Crippen LogP contribution >= 0.6 is 0 Å². The van der Waals surface area contributed by atoms with Gasteiger partial charge in [-0.15, -0.1) is 0 Å². The number of benzene rings is 1. The molecule has 0 atom stereocenters. The van der Waals surface area contributed by atoms with Crippen LogP contribution in [0.1, 0.15) is 10.4 Å². The van der Waals surface area contributed by atoms with Crippen LogP contribution in [0.5, 0.6) is 11.6 Å². The van der Waals surface area contributed by atoms with Crippen molar-refractivity contribution in [1.82, 2.24) is 25.0 Å². The van der Waals surface area contributed by atoms with Crippen LogP contribution < -0.4 is 9.47 Å². The summed E-state index contributed by atoms with van der Waals surface area (Å²) in [6.45, 7) is 1.04. The number of pyridine rings is 2. The van der Waals surface area contributed by atoms with E-state index in [1.54, 1.807) is 29.4 Å². The molecule has 0 radical (unpaired) electrons. The number of nitrogens with zero attached hydrogens (tertiary/aromatic N) is 5. The number of carbonyl (C=O) groups excluding carboxylic acids is 1. The number of hydrogen-bond acceptors (Lipinski definition) is 8. The molecule has 1 aliphatic heterocycles. The molecule has 0 spiro atoms. The van der Waals surface area contributed by atoms with Crippen molar-refractivity contribution in [3.8, 4) is 34.5 Å². The maximum Gasteiger partial charge on any atom is 0.259 e. The lowest BCUT2D eigenvalue weighted by Gasteiger charge is -2.39. The van der Waals surface area contributed by atoms with Crippen LogP contribution in [0.25, 0.3) is 22.8 Å². The zero-order valence-corrected chi connectivity index (χ0v) is 17.2. The van der Waals surface area contributed by atoms with Crippen molar-refractivity contribution >= 4 is 5.91 Å². The molecule has 1 amide bonds. The van der Waals surface area contributed by atoms with Crippen LogP contribution in [0, 0.1) is 0 Å². The average molecular weight is 429 g/mol. The maximum absolute atomic E-state index is 12.5. The molecule has 9 heteroatoms. The van der Waals surface area contributed by atoms with E-state index < -0.39 is 0 Å². The van der Waals surface area contributed by atoms with Gasteiger partial charge in [0.15, 0.2) is 0 Å². The van der Waals surface area contributed by atoms with Crippen molar-refractivity contribution in [2.24, 2.45) is 0 Å². The van der Waals surface area contributed by atoms with E-state index in [0.29, 0.717) is 42.0 Å². The summed E-state index contributed by atoms with van der Waals surface area (Å²) in [4.78, 5) is 26.8. The van der Waals surface area contributed by atoms with Gasteiger partial charge in [0.1, 0.15) is 11.9 Å². The van der Waals surface area contributed by atoms with Gasteiger partial charge in [0.25, 0.3) is 11.8 Å². The first-order valence-electron chi connectivity index (χ1n) is 10.00. The third-order valence-corrected chi connectivity index (χ3v) is 5.08. The van der Waals surface area contributed by atoms with Crippen molar-refractivity contribution in [1.29, 1.82) is 0 Å². The lowest BCUT2D eigenvalue weighted by molar-refractivity contribution is 0.0177. The van der Waals surface area contributed by atoms with E-state index in [2.05, 4.69) is 20.1 Å². The summed E-state index contributed by atoms with van der Waals surface area (Å²) in [6.07, 6.45) is 4.82. The van der Waals surface area contributed by atoms with Crippen LogP contribution in [0.4, 0.5) is 0 Å². The smallest absolute Gasteiger partial charge is 0.259 e. The van der Waals surface area contributed by atoms with Gasteiger partial charge in [0.2, 0.25) is 11.7 Å². The highest BCUT2D eigenvalue weighted by atomic mass is 16.5.